The van der Waals surface area contributed by atoms with Gasteiger partial charge in [-0.2, -0.15) is 0 Å². The number of ether oxygens (including phenoxy) is 1. The minimum atomic E-state index is -0.487. The number of para-hydroxylation sites is 1. The molecule has 20 heavy (non-hydrogen) atoms. The van der Waals surface area contributed by atoms with Crippen LogP contribution in [0.5, 0.6) is 11.5 Å². The molecule has 3 aromatic rings. The highest BCUT2D eigenvalue weighted by atomic mass is 16.5. The monoisotopic (exact) mass is 265 g/mol. The highest BCUT2D eigenvalue weighted by Gasteiger charge is 2.33. The van der Waals surface area contributed by atoms with E-state index < -0.39 is 5.72 Å². The van der Waals surface area contributed by atoms with Gasteiger partial charge in [0.1, 0.15) is 11.5 Å². The normalized spacial score (nSPS) is 15.5. The van der Waals surface area contributed by atoms with Crippen LogP contribution >= 0.6 is 0 Å². The van der Waals surface area contributed by atoms with Crippen LogP contribution in [-0.4, -0.2) is 9.67 Å². The highest BCUT2D eigenvalue weighted by molar-refractivity contribution is 5.89. The number of fused-ring (bicyclic) bond motifs is 5. The van der Waals surface area contributed by atoms with E-state index in [0.29, 0.717) is 0 Å². The van der Waals surface area contributed by atoms with Crippen molar-refractivity contribution in [1.82, 2.24) is 4.57 Å². The van der Waals surface area contributed by atoms with Gasteiger partial charge in [-0.15, -0.1) is 0 Å². The average molecular weight is 265 g/mol. The topological polar surface area (TPSA) is 34.4 Å². The lowest BCUT2D eigenvalue weighted by Crippen LogP contribution is -2.36. The van der Waals surface area contributed by atoms with Gasteiger partial charge in [0.15, 0.2) is 5.72 Å². The second-order valence-electron chi connectivity index (χ2n) is 5.65. The summed E-state index contributed by atoms with van der Waals surface area (Å²) >= 11 is 0. The van der Waals surface area contributed by atoms with Crippen molar-refractivity contribution in [2.45, 2.75) is 19.6 Å². The third-order valence-corrected chi connectivity index (χ3v) is 3.85. The number of aromatic hydroxyl groups is 1. The molecule has 2 heterocycles. The number of hydrogen-bond acceptors (Lipinski definition) is 2. The van der Waals surface area contributed by atoms with Crippen molar-refractivity contribution < 1.29 is 9.84 Å². The van der Waals surface area contributed by atoms with Crippen LogP contribution in [0.3, 0.4) is 0 Å². The molecule has 0 bridgehead atoms. The van der Waals surface area contributed by atoms with Crippen LogP contribution in [0, 0.1) is 0 Å². The van der Waals surface area contributed by atoms with Crippen LogP contribution in [0.1, 0.15) is 13.8 Å². The highest BCUT2D eigenvalue weighted by Crippen LogP contribution is 2.45. The molecule has 0 aliphatic carbocycles. The van der Waals surface area contributed by atoms with E-state index in [4.69, 9.17) is 4.74 Å². The number of phenols is 1. The largest absolute Gasteiger partial charge is 0.508 e. The minimum absolute atomic E-state index is 0.226. The Morgan fingerprint density at radius 1 is 1.05 bits per heavy atom. The van der Waals surface area contributed by atoms with Gasteiger partial charge in [-0.25, -0.2) is 0 Å². The molecule has 0 radical (unpaired) electrons. The van der Waals surface area contributed by atoms with E-state index in [1.54, 1.807) is 12.1 Å². The van der Waals surface area contributed by atoms with E-state index in [1.165, 1.54) is 5.39 Å². The smallest absolute Gasteiger partial charge is 0.181 e. The third-order valence-electron chi connectivity index (χ3n) is 3.85. The summed E-state index contributed by atoms with van der Waals surface area (Å²) < 4.78 is 8.31. The van der Waals surface area contributed by atoms with E-state index in [-0.39, 0.29) is 5.75 Å². The molecular formula is C17H15NO2. The Kier molecular flexibility index (Phi) is 2.04. The molecule has 2 aromatic carbocycles. The number of hydrogen-bond donors (Lipinski definition) is 1. The number of aromatic nitrogens is 1. The van der Waals surface area contributed by atoms with Crippen LogP contribution in [0.15, 0.2) is 48.5 Å². The second kappa shape index (κ2) is 3.57. The Morgan fingerprint density at radius 2 is 1.85 bits per heavy atom. The van der Waals surface area contributed by atoms with Crippen molar-refractivity contribution in [2.24, 2.45) is 0 Å². The number of rotatable bonds is 0. The van der Waals surface area contributed by atoms with Crippen molar-refractivity contribution in [2.75, 3.05) is 0 Å². The average Bonchev–Trinajstić information content (AvgIpc) is 2.78. The third kappa shape index (κ3) is 1.40. The van der Waals surface area contributed by atoms with Gasteiger partial charge in [0.05, 0.1) is 11.2 Å². The Hall–Kier alpha value is -2.42. The van der Waals surface area contributed by atoms with Gasteiger partial charge in [0.25, 0.3) is 0 Å². The zero-order chi connectivity index (χ0) is 13.9. The van der Waals surface area contributed by atoms with E-state index in [9.17, 15) is 5.11 Å². The van der Waals surface area contributed by atoms with Gasteiger partial charge in [-0.1, -0.05) is 18.2 Å². The second-order valence-corrected chi connectivity index (χ2v) is 5.65. The maximum Gasteiger partial charge on any atom is 0.181 e. The van der Waals surface area contributed by atoms with E-state index in [0.717, 1.165) is 22.5 Å². The van der Waals surface area contributed by atoms with Gasteiger partial charge in [-0.3, -0.25) is 0 Å². The molecule has 1 aliphatic heterocycles. The summed E-state index contributed by atoms with van der Waals surface area (Å²) in [6.45, 7) is 4.08. The standard InChI is InChI=1S/C17H15NO2/c1-17(2)18-14-6-4-3-5-11(14)9-15(18)13-8-7-12(19)10-16(13)20-17/h3-10,19H,1-2H3. The fourth-order valence-electron chi connectivity index (χ4n) is 3.05. The predicted molar refractivity (Wildman–Crippen MR) is 79.0 cm³/mol. The van der Waals surface area contributed by atoms with Gasteiger partial charge in [-0.05, 0) is 38.1 Å². The van der Waals surface area contributed by atoms with Crippen LogP contribution in [0.2, 0.25) is 0 Å². The maximum absolute atomic E-state index is 9.66. The first kappa shape index (κ1) is 11.4. The molecule has 0 saturated carbocycles. The van der Waals surface area contributed by atoms with Crippen LogP contribution in [0.4, 0.5) is 0 Å². The molecule has 0 atom stereocenters. The predicted octanol–water partition coefficient (Wildman–Crippen LogP) is 4.10. The fraction of sp³-hybridized carbons (Fsp3) is 0.176. The van der Waals surface area contributed by atoms with Gasteiger partial charge in [0.2, 0.25) is 0 Å². The van der Waals surface area contributed by atoms with Crippen LogP contribution < -0.4 is 4.74 Å². The van der Waals surface area contributed by atoms with Gasteiger partial charge < -0.3 is 14.4 Å². The van der Waals surface area contributed by atoms with Crippen molar-refractivity contribution in [3.05, 3.63) is 48.5 Å². The first-order valence-corrected chi connectivity index (χ1v) is 6.70. The molecule has 1 aromatic heterocycles. The zero-order valence-corrected chi connectivity index (χ0v) is 11.4. The summed E-state index contributed by atoms with van der Waals surface area (Å²) in [4.78, 5) is 0. The number of nitrogens with zero attached hydrogens (tertiary/aromatic N) is 1. The van der Waals surface area contributed by atoms with E-state index >= 15 is 0 Å². The molecule has 4 rings (SSSR count). The Morgan fingerprint density at radius 3 is 2.70 bits per heavy atom. The first-order valence-electron chi connectivity index (χ1n) is 6.70. The lowest BCUT2D eigenvalue weighted by Gasteiger charge is -2.36. The van der Waals surface area contributed by atoms with Crippen molar-refractivity contribution in [3.63, 3.8) is 0 Å². The first-order chi connectivity index (χ1) is 9.56. The maximum atomic E-state index is 9.66. The lowest BCUT2D eigenvalue weighted by atomic mass is 10.1. The quantitative estimate of drug-likeness (QED) is 0.664. The van der Waals surface area contributed by atoms with Crippen molar-refractivity contribution >= 4 is 10.9 Å². The SMILES string of the molecule is CC1(C)Oc2cc(O)ccc2-c2cc3ccccc3n21. The molecule has 0 fully saturated rings. The zero-order valence-electron chi connectivity index (χ0n) is 11.4. The Bertz CT molecular complexity index is 830. The Labute approximate surface area is 117 Å². The molecular weight excluding hydrogens is 250 g/mol. The molecule has 3 heteroatoms. The lowest BCUT2D eigenvalue weighted by molar-refractivity contribution is 0.0311. The van der Waals surface area contributed by atoms with Gasteiger partial charge in [0, 0.05) is 17.0 Å². The summed E-state index contributed by atoms with van der Waals surface area (Å²) in [6.07, 6.45) is 0. The molecule has 1 aliphatic rings. The number of phenolic OH excluding ortho intramolecular Hbond substituents is 1. The van der Waals surface area contributed by atoms with E-state index in [2.05, 4.69) is 22.8 Å². The summed E-state index contributed by atoms with van der Waals surface area (Å²) in [6, 6.07) is 15.8. The molecule has 1 N–H and O–H groups in total. The van der Waals surface area contributed by atoms with Crippen molar-refractivity contribution in [1.29, 1.82) is 0 Å². The summed E-state index contributed by atoms with van der Waals surface area (Å²) in [5.74, 6) is 0.953. The molecule has 0 saturated heterocycles. The fourth-order valence-corrected chi connectivity index (χ4v) is 3.05. The summed E-state index contributed by atoms with van der Waals surface area (Å²) in [5.41, 5.74) is 2.81. The molecule has 100 valence electrons. The molecule has 3 nitrogen and oxygen atoms in total. The summed E-state index contributed by atoms with van der Waals surface area (Å²) in [7, 11) is 0. The van der Waals surface area contributed by atoms with Gasteiger partial charge >= 0.3 is 0 Å². The summed E-state index contributed by atoms with van der Waals surface area (Å²) in [5, 5.41) is 10.9. The van der Waals surface area contributed by atoms with Crippen molar-refractivity contribution in [3.8, 4) is 22.8 Å². The molecule has 0 spiro atoms. The molecule has 0 unspecified atom stereocenters. The molecule has 0 amide bonds. The van der Waals surface area contributed by atoms with E-state index in [1.807, 2.05) is 32.0 Å². The van der Waals surface area contributed by atoms with Crippen LogP contribution in [-0.2, 0) is 5.72 Å². The minimum Gasteiger partial charge on any atom is -0.508 e. The number of benzene rings is 2. The Balaban J connectivity index is 2.13. The van der Waals surface area contributed by atoms with Crippen LogP contribution in [0.25, 0.3) is 22.2 Å².